The molecule has 1 aromatic carbocycles. The van der Waals surface area contributed by atoms with Crippen LogP contribution in [-0.2, 0) is 11.3 Å². The van der Waals surface area contributed by atoms with E-state index in [-0.39, 0.29) is 11.8 Å². The van der Waals surface area contributed by atoms with E-state index in [1.807, 2.05) is 38.1 Å². The third-order valence-electron chi connectivity index (χ3n) is 3.14. The monoisotopic (exact) mass is 278 g/mol. The number of aryl methyl sites for hydroxylation is 1. The van der Waals surface area contributed by atoms with Crippen LogP contribution in [-0.4, -0.2) is 22.8 Å². The molecule has 19 heavy (non-hydrogen) atoms. The topological polar surface area (TPSA) is 46.3 Å². The van der Waals surface area contributed by atoms with Crippen molar-refractivity contribution < 1.29 is 4.79 Å². The lowest BCUT2D eigenvalue weighted by atomic mass is 10.0. The van der Waals surface area contributed by atoms with Gasteiger partial charge < -0.3 is 10.6 Å². The van der Waals surface area contributed by atoms with Crippen molar-refractivity contribution in [3.05, 3.63) is 35.4 Å². The molecule has 0 bridgehead atoms. The number of nitrogens with zero attached hydrogens (tertiary/aromatic N) is 1. The van der Waals surface area contributed by atoms with Crippen LogP contribution in [0.3, 0.4) is 0 Å². The fourth-order valence-electron chi connectivity index (χ4n) is 1.99. The van der Waals surface area contributed by atoms with Gasteiger partial charge in [0.25, 0.3) is 0 Å². The number of carbonyl (C=O) groups excluding carboxylic acids is 1. The van der Waals surface area contributed by atoms with Crippen LogP contribution in [0.4, 0.5) is 0 Å². The van der Waals surface area contributed by atoms with Gasteiger partial charge in [-0.25, -0.2) is 0 Å². The lowest BCUT2D eigenvalue weighted by Gasteiger charge is -2.23. The van der Waals surface area contributed by atoms with Crippen LogP contribution in [0, 0.1) is 12.8 Å². The molecule has 0 aliphatic heterocycles. The van der Waals surface area contributed by atoms with Gasteiger partial charge in [-0.15, -0.1) is 0 Å². The first-order chi connectivity index (χ1) is 8.95. The highest BCUT2D eigenvalue weighted by molar-refractivity contribution is 7.80. The summed E-state index contributed by atoms with van der Waals surface area (Å²) in [5.41, 5.74) is 7.98. The van der Waals surface area contributed by atoms with E-state index in [1.54, 1.807) is 11.9 Å². The van der Waals surface area contributed by atoms with Gasteiger partial charge in [0.1, 0.15) is 0 Å². The standard InChI is InChI=1S/C15H22N2OS/c1-4-5-13(14(16)19)15(18)17(3)10-12-8-6-11(2)7-9-12/h6-9,13H,4-5,10H2,1-3H3,(H2,16,19). The molecule has 1 unspecified atom stereocenters. The number of rotatable bonds is 6. The number of hydrogen-bond acceptors (Lipinski definition) is 2. The quantitative estimate of drug-likeness (QED) is 0.814. The molecule has 0 radical (unpaired) electrons. The average Bonchev–Trinajstić information content (AvgIpc) is 2.37. The van der Waals surface area contributed by atoms with Gasteiger partial charge in [-0.3, -0.25) is 4.79 Å². The first-order valence-corrected chi connectivity index (χ1v) is 6.96. The van der Waals surface area contributed by atoms with Crippen molar-refractivity contribution in [2.75, 3.05) is 7.05 Å². The van der Waals surface area contributed by atoms with Crippen LogP contribution in [0.5, 0.6) is 0 Å². The maximum absolute atomic E-state index is 12.3. The number of hydrogen-bond donors (Lipinski definition) is 1. The van der Waals surface area contributed by atoms with Crippen LogP contribution < -0.4 is 5.73 Å². The molecule has 2 N–H and O–H groups in total. The Hall–Kier alpha value is -1.42. The summed E-state index contributed by atoms with van der Waals surface area (Å²) in [6.07, 6.45) is 1.61. The number of carbonyl (C=O) groups is 1. The molecule has 0 fully saturated rings. The van der Waals surface area contributed by atoms with Crippen LogP contribution in [0.1, 0.15) is 30.9 Å². The molecule has 1 atom stereocenters. The third kappa shape index (κ3) is 4.63. The highest BCUT2D eigenvalue weighted by Gasteiger charge is 2.23. The molecule has 0 spiro atoms. The lowest BCUT2D eigenvalue weighted by Crippen LogP contribution is -2.38. The fraction of sp³-hybridized carbons (Fsp3) is 0.467. The molecular formula is C15H22N2OS. The highest BCUT2D eigenvalue weighted by Crippen LogP contribution is 2.13. The van der Waals surface area contributed by atoms with Crippen LogP contribution in [0.25, 0.3) is 0 Å². The van der Waals surface area contributed by atoms with E-state index in [2.05, 4.69) is 0 Å². The second kappa shape index (κ2) is 7.24. The smallest absolute Gasteiger partial charge is 0.232 e. The first kappa shape index (κ1) is 15.6. The van der Waals surface area contributed by atoms with E-state index in [4.69, 9.17) is 18.0 Å². The molecular weight excluding hydrogens is 256 g/mol. The number of thiocarbonyl (C=S) groups is 1. The molecule has 0 saturated heterocycles. The average molecular weight is 278 g/mol. The summed E-state index contributed by atoms with van der Waals surface area (Å²) >= 11 is 4.99. The van der Waals surface area contributed by atoms with Crippen molar-refractivity contribution in [2.24, 2.45) is 11.7 Å². The normalized spacial score (nSPS) is 11.9. The zero-order valence-corrected chi connectivity index (χ0v) is 12.7. The maximum atomic E-state index is 12.3. The predicted octanol–water partition coefficient (Wildman–Crippen LogP) is 2.66. The Bertz CT molecular complexity index is 442. The summed E-state index contributed by atoms with van der Waals surface area (Å²) in [7, 11) is 1.79. The number of nitrogens with two attached hydrogens (primary N) is 1. The van der Waals surface area contributed by atoms with E-state index in [1.165, 1.54) is 5.56 Å². The largest absolute Gasteiger partial charge is 0.393 e. The van der Waals surface area contributed by atoms with Gasteiger partial charge >= 0.3 is 0 Å². The number of amides is 1. The summed E-state index contributed by atoms with van der Waals surface area (Å²) in [6, 6.07) is 8.17. The molecule has 0 aliphatic rings. The van der Waals surface area contributed by atoms with Crippen molar-refractivity contribution >= 4 is 23.1 Å². The van der Waals surface area contributed by atoms with E-state index >= 15 is 0 Å². The number of benzene rings is 1. The van der Waals surface area contributed by atoms with Gasteiger partial charge in [-0.2, -0.15) is 0 Å². The van der Waals surface area contributed by atoms with Crippen molar-refractivity contribution in [2.45, 2.75) is 33.2 Å². The zero-order valence-electron chi connectivity index (χ0n) is 11.8. The summed E-state index contributed by atoms with van der Waals surface area (Å²) < 4.78 is 0. The third-order valence-corrected chi connectivity index (χ3v) is 3.42. The van der Waals surface area contributed by atoms with Crippen molar-refractivity contribution in [1.29, 1.82) is 0 Å². The maximum Gasteiger partial charge on any atom is 0.232 e. The molecule has 0 aliphatic carbocycles. The van der Waals surface area contributed by atoms with E-state index < -0.39 is 0 Å². The highest BCUT2D eigenvalue weighted by atomic mass is 32.1. The molecule has 4 heteroatoms. The van der Waals surface area contributed by atoms with Crippen LogP contribution in [0.2, 0.25) is 0 Å². The molecule has 1 rings (SSSR count). The van der Waals surface area contributed by atoms with Gasteiger partial charge in [0.05, 0.1) is 10.9 Å². The fourth-order valence-corrected chi connectivity index (χ4v) is 2.21. The lowest BCUT2D eigenvalue weighted by molar-refractivity contribution is -0.132. The Morgan fingerprint density at radius 1 is 1.37 bits per heavy atom. The Labute approximate surface area is 120 Å². The molecule has 0 aromatic heterocycles. The Balaban J connectivity index is 2.70. The second-order valence-electron chi connectivity index (χ2n) is 4.92. The van der Waals surface area contributed by atoms with E-state index in [0.29, 0.717) is 18.0 Å². The Morgan fingerprint density at radius 2 is 1.95 bits per heavy atom. The van der Waals surface area contributed by atoms with Crippen molar-refractivity contribution in [3.8, 4) is 0 Å². The van der Waals surface area contributed by atoms with Gasteiger partial charge in [0, 0.05) is 13.6 Å². The van der Waals surface area contributed by atoms with E-state index in [9.17, 15) is 4.79 Å². The molecule has 0 saturated carbocycles. The molecule has 1 amide bonds. The summed E-state index contributed by atoms with van der Waals surface area (Å²) in [4.78, 5) is 14.3. The van der Waals surface area contributed by atoms with Crippen LogP contribution in [0.15, 0.2) is 24.3 Å². The first-order valence-electron chi connectivity index (χ1n) is 6.55. The molecule has 3 nitrogen and oxygen atoms in total. The Morgan fingerprint density at radius 3 is 2.42 bits per heavy atom. The molecule has 0 heterocycles. The van der Waals surface area contributed by atoms with Gasteiger partial charge in [-0.1, -0.05) is 55.4 Å². The van der Waals surface area contributed by atoms with E-state index in [0.717, 1.165) is 12.0 Å². The van der Waals surface area contributed by atoms with Crippen molar-refractivity contribution in [1.82, 2.24) is 4.90 Å². The minimum atomic E-state index is -0.338. The molecule has 104 valence electrons. The SMILES string of the molecule is CCCC(C(=O)N(C)Cc1ccc(C)cc1)C(N)=S. The predicted molar refractivity (Wildman–Crippen MR) is 82.8 cm³/mol. The van der Waals surface area contributed by atoms with Crippen molar-refractivity contribution in [3.63, 3.8) is 0 Å². The van der Waals surface area contributed by atoms with Gasteiger partial charge in [-0.05, 0) is 18.9 Å². The molecule has 1 aromatic rings. The minimum Gasteiger partial charge on any atom is -0.393 e. The second-order valence-corrected chi connectivity index (χ2v) is 5.39. The van der Waals surface area contributed by atoms with Gasteiger partial charge in [0.2, 0.25) is 5.91 Å². The minimum absolute atomic E-state index is 0.00919. The summed E-state index contributed by atoms with van der Waals surface area (Å²) in [5.74, 6) is -0.328. The summed E-state index contributed by atoms with van der Waals surface area (Å²) in [6.45, 7) is 4.66. The summed E-state index contributed by atoms with van der Waals surface area (Å²) in [5, 5.41) is 0. The van der Waals surface area contributed by atoms with Gasteiger partial charge in [0.15, 0.2) is 0 Å². The van der Waals surface area contributed by atoms with Crippen LogP contribution >= 0.6 is 12.2 Å². The Kier molecular flexibility index (Phi) is 5.96. The zero-order chi connectivity index (χ0) is 14.4.